The second-order valence-electron chi connectivity index (χ2n) is 5.19. The number of aromatic amines is 1. The SMILES string of the molecule is CN(CCOc1cccc(-c2n[nH]nc2N)c1)c1ccccc1. The highest BCUT2D eigenvalue weighted by Gasteiger charge is 2.08. The first-order chi connectivity index (χ1) is 11.2. The van der Waals surface area contributed by atoms with Crippen molar-refractivity contribution in [1.82, 2.24) is 15.4 Å². The van der Waals surface area contributed by atoms with Crippen molar-refractivity contribution < 1.29 is 4.74 Å². The van der Waals surface area contributed by atoms with E-state index in [1.807, 2.05) is 49.5 Å². The molecule has 0 aliphatic rings. The Bertz CT molecular complexity index is 756. The van der Waals surface area contributed by atoms with Gasteiger partial charge in [0.15, 0.2) is 5.82 Å². The van der Waals surface area contributed by atoms with Crippen LogP contribution in [-0.2, 0) is 0 Å². The normalized spacial score (nSPS) is 10.5. The van der Waals surface area contributed by atoms with Gasteiger partial charge in [-0.1, -0.05) is 30.3 Å². The van der Waals surface area contributed by atoms with Crippen LogP contribution in [0.3, 0.4) is 0 Å². The summed E-state index contributed by atoms with van der Waals surface area (Å²) in [4.78, 5) is 2.15. The summed E-state index contributed by atoms with van der Waals surface area (Å²) in [6, 6.07) is 17.9. The van der Waals surface area contributed by atoms with Crippen LogP contribution in [0.2, 0.25) is 0 Å². The molecule has 0 amide bonds. The first kappa shape index (κ1) is 14.9. The number of para-hydroxylation sites is 1. The topological polar surface area (TPSA) is 80.1 Å². The number of H-pyrrole nitrogens is 1. The minimum Gasteiger partial charge on any atom is -0.492 e. The molecule has 0 radical (unpaired) electrons. The van der Waals surface area contributed by atoms with Gasteiger partial charge in [0.2, 0.25) is 0 Å². The summed E-state index contributed by atoms with van der Waals surface area (Å²) >= 11 is 0. The van der Waals surface area contributed by atoms with Gasteiger partial charge >= 0.3 is 0 Å². The minimum absolute atomic E-state index is 0.381. The fourth-order valence-electron chi connectivity index (χ4n) is 2.30. The van der Waals surface area contributed by atoms with Gasteiger partial charge in [-0.05, 0) is 24.3 Å². The molecule has 118 valence electrons. The number of anilines is 2. The van der Waals surface area contributed by atoms with E-state index < -0.39 is 0 Å². The van der Waals surface area contributed by atoms with E-state index in [9.17, 15) is 0 Å². The summed E-state index contributed by atoms with van der Waals surface area (Å²) < 4.78 is 5.84. The quantitative estimate of drug-likeness (QED) is 0.731. The van der Waals surface area contributed by atoms with Crippen molar-refractivity contribution in [2.45, 2.75) is 0 Å². The Labute approximate surface area is 134 Å². The summed E-state index contributed by atoms with van der Waals surface area (Å²) in [5.41, 5.74) is 8.46. The molecule has 6 heteroatoms. The molecule has 3 rings (SSSR count). The summed E-state index contributed by atoms with van der Waals surface area (Å²) in [5, 5.41) is 10.4. The second kappa shape index (κ2) is 6.83. The lowest BCUT2D eigenvalue weighted by Crippen LogP contribution is -2.23. The van der Waals surface area contributed by atoms with E-state index in [0.717, 1.165) is 17.9 Å². The fraction of sp³-hybridized carbons (Fsp3) is 0.176. The van der Waals surface area contributed by atoms with Crippen molar-refractivity contribution in [3.63, 3.8) is 0 Å². The van der Waals surface area contributed by atoms with Crippen molar-refractivity contribution in [2.24, 2.45) is 0 Å². The average Bonchev–Trinajstić information content (AvgIpc) is 3.02. The number of nitrogen functional groups attached to an aromatic ring is 1. The van der Waals surface area contributed by atoms with Gasteiger partial charge in [-0.15, -0.1) is 5.10 Å². The number of benzene rings is 2. The summed E-state index contributed by atoms with van der Waals surface area (Å²) in [7, 11) is 2.05. The molecule has 0 bridgehead atoms. The highest BCUT2D eigenvalue weighted by molar-refractivity contribution is 5.70. The Hall–Kier alpha value is -3.02. The van der Waals surface area contributed by atoms with Gasteiger partial charge in [-0.25, -0.2) is 0 Å². The summed E-state index contributed by atoms with van der Waals surface area (Å²) in [5.74, 6) is 1.16. The Kier molecular flexibility index (Phi) is 4.42. The van der Waals surface area contributed by atoms with E-state index in [1.165, 1.54) is 5.69 Å². The van der Waals surface area contributed by atoms with E-state index in [0.29, 0.717) is 18.1 Å². The Morgan fingerprint density at radius 1 is 1.09 bits per heavy atom. The molecule has 2 aromatic carbocycles. The molecule has 1 heterocycles. The zero-order valence-corrected chi connectivity index (χ0v) is 12.9. The molecule has 0 fully saturated rings. The van der Waals surface area contributed by atoms with Crippen LogP contribution >= 0.6 is 0 Å². The lowest BCUT2D eigenvalue weighted by molar-refractivity contribution is 0.326. The van der Waals surface area contributed by atoms with Gasteiger partial charge in [0.25, 0.3) is 0 Å². The highest BCUT2D eigenvalue weighted by Crippen LogP contribution is 2.25. The molecule has 3 N–H and O–H groups in total. The van der Waals surface area contributed by atoms with Crippen LogP contribution in [0.25, 0.3) is 11.3 Å². The maximum Gasteiger partial charge on any atom is 0.173 e. The molecule has 23 heavy (non-hydrogen) atoms. The van der Waals surface area contributed by atoms with E-state index in [4.69, 9.17) is 10.5 Å². The molecule has 1 aromatic heterocycles. The zero-order chi connectivity index (χ0) is 16.1. The van der Waals surface area contributed by atoms with Gasteiger partial charge in [0.1, 0.15) is 18.1 Å². The molecule has 0 aliphatic carbocycles. The van der Waals surface area contributed by atoms with E-state index in [2.05, 4.69) is 32.4 Å². The van der Waals surface area contributed by atoms with Crippen LogP contribution < -0.4 is 15.4 Å². The van der Waals surface area contributed by atoms with Crippen LogP contribution in [0, 0.1) is 0 Å². The smallest absolute Gasteiger partial charge is 0.173 e. The predicted octanol–water partition coefficient (Wildman–Crippen LogP) is 2.57. The van der Waals surface area contributed by atoms with Gasteiger partial charge in [-0.2, -0.15) is 10.3 Å². The average molecular weight is 309 g/mol. The largest absolute Gasteiger partial charge is 0.492 e. The fourth-order valence-corrected chi connectivity index (χ4v) is 2.30. The third kappa shape index (κ3) is 3.60. The number of aromatic nitrogens is 3. The predicted molar refractivity (Wildman–Crippen MR) is 91.4 cm³/mol. The van der Waals surface area contributed by atoms with Crippen molar-refractivity contribution >= 4 is 11.5 Å². The van der Waals surface area contributed by atoms with Crippen molar-refractivity contribution in [3.8, 4) is 17.0 Å². The lowest BCUT2D eigenvalue weighted by atomic mass is 10.1. The van der Waals surface area contributed by atoms with Gasteiger partial charge in [-0.3, -0.25) is 0 Å². The standard InChI is InChI=1S/C17H19N5O/c1-22(14-7-3-2-4-8-14)10-11-23-15-9-5-6-13(12-15)16-17(18)20-21-19-16/h2-9,12H,10-11H2,1H3,(H3,18,19,20,21). The first-order valence-electron chi connectivity index (χ1n) is 7.40. The molecule has 0 atom stereocenters. The number of nitrogens with two attached hydrogens (primary N) is 1. The molecule has 3 aromatic rings. The van der Waals surface area contributed by atoms with Crippen LogP contribution in [0.15, 0.2) is 54.6 Å². The van der Waals surface area contributed by atoms with E-state index >= 15 is 0 Å². The Balaban J connectivity index is 1.60. The molecule has 0 saturated heterocycles. The van der Waals surface area contributed by atoms with Crippen molar-refractivity contribution in [3.05, 3.63) is 54.6 Å². The van der Waals surface area contributed by atoms with Crippen molar-refractivity contribution in [1.29, 1.82) is 0 Å². The maximum absolute atomic E-state index is 5.84. The molecule has 0 saturated carbocycles. The summed E-state index contributed by atoms with van der Waals surface area (Å²) in [6.07, 6.45) is 0. The number of nitrogens with zero attached hydrogens (tertiary/aromatic N) is 3. The van der Waals surface area contributed by atoms with Crippen LogP contribution in [-0.4, -0.2) is 35.6 Å². The molecule has 0 unspecified atom stereocenters. The van der Waals surface area contributed by atoms with Gasteiger partial charge < -0.3 is 15.4 Å². The van der Waals surface area contributed by atoms with Gasteiger partial charge in [0.05, 0.1) is 6.54 Å². The number of ether oxygens (including phenoxy) is 1. The first-order valence-corrected chi connectivity index (χ1v) is 7.40. The molecule has 0 spiro atoms. The number of hydrogen-bond donors (Lipinski definition) is 2. The number of nitrogens with one attached hydrogen (secondary N) is 1. The third-order valence-electron chi connectivity index (χ3n) is 3.57. The number of rotatable bonds is 6. The molecule has 6 nitrogen and oxygen atoms in total. The summed E-state index contributed by atoms with van der Waals surface area (Å²) in [6.45, 7) is 1.38. The van der Waals surface area contributed by atoms with Crippen LogP contribution in [0.4, 0.5) is 11.5 Å². The van der Waals surface area contributed by atoms with E-state index in [1.54, 1.807) is 0 Å². The zero-order valence-electron chi connectivity index (χ0n) is 12.9. The molecular weight excluding hydrogens is 290 g/mol. The van der Waals surface area contributed by atoms with Crippen molar-refractivity contribution in [2.75, 3.05) is 30.8 Å². The monoisotopic (exact) mass is 309 g/mol. The minimum atomic E-state index is 0.381. The van der Waals surface area contributed by atoms with E-state index in [-0.39, 0.29) is 0 Å². The Morgan fingerprint density at radius 3 is 2.65 bits per heavy atom. The maximum atomic E-state index is 5.84. The Morgan fingerprint density at radius 2 is 1.91 bits per heavy atom. The highest BCUT2D eigenvalue weighted by atomic mass is 16.5. The van der Waals surface area contributed by atoms with Crippen LogP contribution in [0.1, 0.15) is 0 Å². The lowest BCUT2D eigenvalue weighted by Gasteiger charge is -2.19. The molecular formula is C17H19N5O. The number of hydrogen-bond acceptors (Lipinski definition) is 5. The third-order valence-corrected chi connectivity index (χ3v) is 3.57. The molecule has 0 aliphatic heterocycles. The van der Waals surface area contributed by atoms with Crippen LogP contribution in [0.5, 0.6) is 5.75 Å². The second-order valence-corrected chi connectivity index (χ2v) is 5.19. The number of likely N-dealkylation sites (N-methyl/N-ethyl adjacent to an activating group) is 1. The van der Waals surface area contributed by atoms with Gasteiger partial charge in [0, 0.05) is 18.3 Å².